The molecule has 1 aromatic heterocycles. The molecule has 21 heavy (non-hydrogen) atoms. The quantitative estimate of drug-likeness (QED) is 0.716. The van der Waals surface area contributed by atoms with E-state index in [9.17, 15) is 5.11 Å². The van der Waals surface area contributed by atoms with Crippen molar-refractivity contribution in [3.8, 4) is 11.5 Å². The third-order valence-corrected chi connectivity index (χ3v) is 3.81. The van der Waals surface area contributed by atoms with Gasteiger partial charge in [0.15, 0.2) is 0 Å². The maximum Gasteiger partial charge on any atom is 0.147 e. The van der Waals surface area contributed by atoms with E-state index in [2.05, 4.69) is 20.9 Å². The molecule has 0 atom stereocenters. The van der Waals surface area contributed by atoms with Crippen LogP contribution in [0.15, 0.2) is 53.0 Å². The number of aliphatic hydroxyl groups excluding tert-OH is 1. The van der Waals surface area contributed by atoms with Crippen molar-refractivity contribution < 1.29 is 9.84 Å². The minimum atomic E-state index is -0.145. The van der Waals surface area contributed by atoms with Crippen molar-refractivity contribution in [3.05, 3.63) is 63.7 Å². The van der Waals surface area contributed by atoms with Gasteiger partial charge < -0.3 is 9.84 Å². The number of pyridine rings is 1. The van der Waals surface area contributed by atoms with Crippen LogP contribution in [0, 0.1) is 0 Å². The summed E-state index contributed by atoms with van der Waals surface area (Å²) in [5.74, 6) is 1.16. The second-order valence-corrected chi connectivity index (χ2v) is 5.79. The van der Waals surface area contributed by atoms with Crippen LogP contribution in [0.3, 0.4) is 0 Å². The normalized spacial score (nSPS) is 10.8. The van der Waals surface area contributed by atoms with Crippen LogP contribution in [0.4, 0.5) is 0 Å². The van der Waals surface area contributed by atoms with Crippen LogP contribution in [0.25, 0.3) is 10.9 Å². The van der Waals surface area contributed by atoms with Gasteiger partial charge >= 0.3 is 0 Å². The van der Waals surface area contributed by atoms with E-state index in [1.165, 1.54) is 0 Å². The molecule has 0 aliphatic heterocycles. The Morgan fingerprint density at radius 3 is 2.71 bits per heavy atom. The number of para-hydroxylation sites is 1. The monoisotopic (exact) mass is 363 g/mol. The van der Waals surface area contributed by atoms with Gasteiger partial charge in [0.1, 0.15) is 11.5 Å². The number of nitrogens with zero attached hydrogens (tertiary/aromatic N) is 1. The van der Waals surface area contributed by atoms with Gasteiger partial charge in [-0.05, 0) is 30.3 Å². The van der Waals surface area contributed by atoms with Gasteiger partial charge in [-0.25, -0.2) is 0 Å². The molecule has 0 unspecified atom stereocenters. The largest absolute Gasteiger partial charge is 0.455 e. The molecule has 0 saturated heterocycles. The number of halogens is 2. The second kappa shape index (κ2) is 6.02. The van der Waals surface area contributed by atoms with Crippen molar-refractivity contribution >= 4 is 38.4 Å². The van der Waals surface area contributed by atoms with Crippen LogP contribution in [0.5, 0.6) is 11.5 Å². The Morgan fingerprint density at radius 2 is 1.90 bits per heavy atom. The van der Waals surface area contributed by atoms with Crippen LogP contribution >= 0.6 is 27.5 Å². The number of aliphatic hydroxyl groups is 1. The summed E-state index contributed by atoms with van der Waals surface area (Å²) in [7, 11) is 0. The summed E-state index contributed by atoms with van der Waals surface area (Å²) >= 11 is 9.56. The molecule has 106 valence electrons. The lowest BCUT2D eigenvalue weighted by Gasteiger charge is -2.11. The average molecular weight is 365 g/mol. The van der Waals surface area contributed by atoms with Gasteiger partial charge in [-0.15, -0.1) is 0 Å². The molecule has 0 bridgehead atoms. The number of hydrogen-bond acceptors (Lipinski definition) is 3. The van der Waals surface area contributed by atoms with Crippen LogP contribution in [-0.4, -0.2) is 10.1 Å². The fourth-order valence-electron chi connectivity index (χ4n) is 2.03. The van der Waals surface area contributed by atoms with E-state index in [1.807, 2.05) is 30.3 Å². The minimum absolute atomic E-state index is 0.145. The van der Waals surface area contributed by atoms with Gasteiger partial charge in [-0.2, -0.15) is 0 Å². The standard InChI is InChI=1S/C16H11BrClNO2/c17-10-5-6-13(18)16(7-10)21-15-8-11(9-20)19-14-4-2-1-3-12(14)15/h1-8,20H,9H2. The summed E-state index contributed by atoms with van der Waals surface area (Å²) in [5.41, 5.74) is 1.32. The SMILES string of the molecule is OCc1cc(Oc2cc(Br)ccc2Cl)c2ccccc2n1. The Hall–Kier alpha value is -1.62. The lowest BCUT2D eigenvalue weighted by Crippen LogP contribution is -1.94. The van der Waals surface area contributed by atoms with E-state index >= 15 is 0 Å². The number of hydrogen-bond donors (Lipinski definition) is 1. The number of rotatable bonds is 3. The summed E-state index contributed by atoms with van der Waals surface area (Å²) in [6.45, 7) is -0.145. The van der Waals surface area contributed by atoms with Crippen molar-refractivity contribution in [1.82, 2.24) is 4.98 Å². The number of aromatic nitrogens is 1. The van der Waals surface area contributed by atoms with Crippen LogP contribution < -0.4 is 4.74 Å². The van der Waals surface area contributed by atoms with Crippen molar-refractivity contribution in [3.63, 3.8) is 0 Å². The van der Waals surface area contributed by atoms with Crippen LogP contribution in [0.1, 0.15) is 5.69 Å². The first-order valence-corrected chi connectivity index (χ1v) is 7.47. The van der Waals surface area contributed by atoms with Gasteiger partial charge in [0, 0.05) is 15.9 Å². The Bertz CT molecular complexity index is 807. The summed E-state index contributed by atoms with van der Waals surface area (Å²) in [4.78, 5) is 4.36. The smallest absolute Gasteiger partial charge is 0.147 e. The molecule has 0 aliphatic carbocycles. The van der Waals surface area contributed by atoms with Crippen molar-refractivity contribution in [1.29, 1.82) is 0 Å². The molecule has 3 aromatic rings. The highest BCUT2D eigenvalue weighted by Gasteiger charge is 2.10. The third kappa shape index (κ3) is 3.02. The lowest BCUT2D eigenvalue weighted by molar-refractivity contribution is 0.277. The van der Waals surface area contributed by atoms with E-state index in [4.69, 9.17) is 16.3 Å². The summed E-state index contributed by atoms with van der Waals surface area (Å²) < 4.78 is 6.81. The molecule has 0 fully saturated rings. The average Bonchev–Trinajstić information content (AvgIpc) is 2.50. The topological polar surface area (TPSA) is 42.4 Å². The minimum Gasteiger partial charge on any atom is -0.455 e. The van der Waals surface area contributed by atoms with Gasteiger partial charge in [-0.1, -0.05) is 39.7 Å². The summed E-state index contributed by atoms with van der Waals surface area (Å²) in [6.07, 6.45) is 0. The first-order valence-electron chi connectivity index (χ1n) is 6.30. The Kier molecular flexibility index (Phi) is 4.10. The molecule has 3 rings (SSSR count). The van der Waals surface area contributed by atoms with Gasteiger partial charge in [0.05, 0.1) is 22.8 Å². The zero-order valence-corrected chi connectivity index (χ0v) is 13.2. The molecule has 0 aliphatic rings. The molecule has 0 amide bonds. The fraction of sp³-hybridized carbons (Fsp3) is 0.0625. The molecular formula is C16H11BrClNO2. The predicted molar refractivity (Wildman–Crippen MR) is 86.9 cm³/mol. The van der Waals surface area contributed by atoms with Crippen molar-refractivity contribution in [2.45, 2.75) is 6.61 Å². The first kappa shape index (κ1) is 14.3. The number of ether oxygens (including phenoxy) is 1. The van der Waals surface area contributed by atoms with E-state index in [1.54, 1.807) is 18.2 Å². The molecule has 1 heterocycles. The molecule has 0 radical (unpaired) electrons. The summed E-state index contributed by atoms with van der Waals surface area (Å²) in [5, 5.41) is 10.7. The molecular weight excluding hydrogens is 354 g/mol. The van der Waals surface area contributed by atoms with Crippen LogP contribution in [0.2, 0.25) is 5.02 Å². The zero-order valence-electron chi connectivity index (χ0n) is 10.9. The predicted octanol–water partition coefficient (Wildman–Crippen LogP) is 4.94. The second-order valence-electron chi connectivity index (χ2n) is 4.46. The van der Waals surface area contributed by atoms with Gasteiger partial charge in [-0.3, -0.25) is 4.98 Å². The Labute approximate surface area is 135 Å². The molecule has 5 heteroatoms. The molecule has 0 saturated carbocycles. The third-order valence-electron chi connectivity index (χ3n) is 3.01. The van der Waals surface area contributed by atoms with E-state index in [0.29, 0.717) is 22.2 Å². The Morgan fingerprint density at radius 1 is 1.10 bits per heavy atom. The molecule has 2 aromatic carbocycles. The van der Waals surface area contributed by atoms with Gasteiger partial charge in [0.2, 0.25) is 0 Å². The first-order chi connectivity index (χ1) is 10.2. The van der Waals surface area contributed by atoms with E-state index in [0.717, 1.165) is 15.4 Å². The molecule has 0 spiro atoms. The highest BCUT2D eigenvalue weighted by molar-refractivity contribution is 9.10. The van der Waals surface area contributed by atoms with Crippen LogP contribution in [-0.2, 0) is 6.61 Å². The van der Waals surface area contributed by atoms with Crippen molar-refractivity contribution in [2.24, 2.45) is 0 Å². The van der Waals surface area contributed by atoms with E-state index < -0.39 is 0 Å². The molecule has 1 N–H and O–H groups in total. The molecule has 3 nitrogen and oxygen atoms in total. The number of fused-ring (bicyclic) bond motifs is 1. The zero-order chi connectivity index (χ0) is 14.8. The highest BCUT2D eigenvalue weighted by Crippen LogP contribution is 2.35. The fourth-order valence-corrected chi connectivity index (χ4v) is 2.53. The lowest BCUT2D eigenvalue weighted by atomic mass is 10.2. The maximum absolute atomic E-state index is 9.33. The van der Waals surface area contributed by atoms with Crippen molar-refractivity contribution in [2.75, 3.05) is 0 Å². The van der Waals surface area contributed by atoms with Gasteiger partial charge in [0.25, 0.3) is 0 Å². The number of benzene rings is 2. The highest BCUT2D eigenvalue weighted by atomic mass is 79.9. The summed E-state index contributed by atoms with van der Waals surface area (Å²) in [6, 6.07) is 14.7. The Balaban J connectivity index is 2.13. The maximum atomic E-state index is 9.33. The van der Waals surface area contributed by atoms with E-state index in [-0.39, 0.29) is 6.61 Å².